The molecule has 19 heavy (non-hydrogen) atoms. The van der Waals surface area contributed by atoms with Crippen LogP contribution in [0.5, 0.6) is 0 Å². The van der Waals surface area contributed by atoms with E-state index in [0.717, 1.165) is 17.3 Å². The molecule has 1 aromatic rings. The number of rotatable bonds is 3. The molecule has 0 unspecified atom stereocenters. The Morgan fingerprint density at radius 2 is 1.74 bits per heavy atom. The number of aldehydes is 1. The third-order valence-electron chi connectivity index (χ3n) is 3.80. The maximum absolute atomic E-state index is 10.4. The fourth-order valence-electron chi connectivity index (χ4n) is 1.94. The van der Waals surface area contributed by atoms with Crippen LogP contribution in [0.25, 0.3) is 6.08 Å². The molecule has 0 amide bonds. The van der Waals surface area contributed by atoms with Gasteiger partial charge in [0.15, 0.2) is 0 Å². The van der Waals surface area contributed by atoms with Crippen LogP contribution >= 0.6 is 0 Å². The lowest BCUT2D eigenvalue weighted by molar-refractivity contribution is -0.104. The SMILES string of the molecule is CC1(C)OB(c2cccc(C=CC=O)c2)OC1(C)C. The Hall–Kier alpha value is -1.39. The number of carbonyl (C=O) groups is 1. The quantitative estimate of drug-likeness (QED) is 0.473. The monoisotopic (exact) mass is 258 g/mol. The van der Waals surface area contributed by atoms with Crippen LogP contribution in [0.15, 0.2) is 30.3 Å². The van der Waals surface area contributed by atoms with E-state index in [0.29, 0.717) is 0 Å². The van der Waals surface area contributed by atoms with E-state index < -0.39 is 0 Å². The second-order valence-electron chi connectivity index (χ2n) is 5.75. The molecule has 1 aliphatic heterocycles. The van der Waals surface area contributed by atoms with Crippen LogP contribution in [0, 0.1) is 0 Å². The van der Waals surface area contributed by atoms with Crippen LogP contribution in [0.3, 0.4) is 0 Å². The van der Waals surface area contributed by atoms with Crippen molar-refractivity contribution in [2.45, 2.75) is 38.9 Å². The molecule has 1 aromatic carbocycles. The third-order valence-corrected chi connectivity index (χ3v) is 3.80. The van der Waals surface area contributed by atoms with Gasteiger partial charge in [0.1, 0.15) is 6.29 Å². The van der Waals surface area contributed by atoms with Gasteiger partial charge in [-0.3, -0.25) is 4.79 Å². The Bertz CT molecular complexity index is 490. The molecule has 0 atom stereocenters. The van der Waals surface area contributed by atoms with E-state index in [1.807, 2.05) is 52.0 Å². The topological polar surface area (TPSA) is 35.5 Å². The summed E-state index contributed by atoms with van der Waals surface area (Å²) in [4.78, 5) is 10.4. The van der Waals surface area contributed by atoms with Gasteiger partial charge in [-0.15, -0.1) is 0 Å². The van der Waals surface area contributed by atoms with Crippen molar-refractivity contribution >= 4 is 24.9 Å². The van der Waals surface area contributed by atoms with Gasteiger partial charge in [-0.25, -0.2) is 0 Å². The average molecular weight is 258 g/mol. The van der Waals surface area contributed by atoms with Gasteiger partial charge in [0.05, 0.1) is 11.2 Å². The van der Waals surface area contributed by atoms with E-state index in [-0.39, 0.29) is 18.3 Å². The summed E-state index contributed by atoms with van der Waals surface area (Å²) in [6.45, 7) is 8.12. The number of benzene rings is 1. The second-order valence-corrected chi connectivity index (χ2v) is 5.75. The Morgan fingerprint density at radius 1 is 1.11 bits per heavy atom. The molecular formula is C15H19BO3. The number of allylic oxidation sites excluding steroid dienone is 1. The van der Waals surface area contributed by atoms with E-state index in [4.69, 9.17) is 9.31 Å². The van der Waals surface area contributed by atoms with E-state index in [2.05, 4.69) is 0 Å². The highest BCUT2D eigenvalue weighted by molar-refractivity contribution is 6.62. The summed E-state index contributed by atoms with van der Waals surface area (Å²) in [7, 11) is -0.366. The van der Waals surface area contributed by atoms with E-state index >= 15 is 0 Å². The molecule has 0 saturated carbocycles. The molecule has 2 rings (SSSR count). The number of hydrogen-bond acceptors (Lipinski definition) is 3. The molecule has 1 saturated heterocycles. The standard InChI is InChI=1S/C15H19BO3/c1-14(2)15(3,4)19-16(18-14)13-9-5-7-12(11-13)8-6-10-17/h5-11H,1-4H3. The van der Waals surface area contributed by atoms with Crippen LogP contribution < -0.4 is 5.46 Å². The van der Waals surface area contributed by atoms with Gasteiger partial charge in [0, 0.05) is 0 Å². The summed E-state index contributed by atoms with van der Waals surface area (Å²) < 4.78 is 12.0. The van der Waals surface area contributed by atoms with Gasteiger partial charge in [-0.05, 0) is 44.8 Å². The van der Waals surface area contributed by atoms with Gasteiger partial charge in [0.2, 0.25) is 0 Å². The first-order chi connectivity index (χ1) is 8.86. The first-order valence-corrected chi connectivity index (χ1v) is 6.43. The zero-order valence-electron chi connectivity index (χ0n) is 11.8. The van der Waals surface area contributed by atoms with E-state index in [1.54, 1.807) is 6.08 Å². The third kappa shape index (κ3) is 2.80. The molecule has 0 N–H and O–H groups in total. The molecule has 0 bridgehead atoms. The van der Waals surface area contributed by atoms with Gasteiger partial charge in [-0.1, -0.05) is 30.3 Å². The first-order valence-electron chi connectivity index (χ1n) is 6.43. The molecule has 3 nitrogen and oxygen atoms in total. The van der Waals surface area contributed by atoms with Crippen LogP contribution in [-0.4, -0.2) is 24.6 Å². The average Bonchev–Trinajstić information content (AvgIpc) is 2.56. The second kappa shape index (κ2) is 4.95. The van der Waals surface area contributed by atoms with Gasteiger partial charge in [0.25, 0.3) is 0 Å². The highest BCUT2D eigenvalue weighted by atomic mass is 16.7. The summed E-state index contributed by atoms with van der Waals surface area (Å²) in [6, 6.07) is 7.82. The van der Waals surface area contributed by atoms with Crippen molar-refractivity contribution in [3.63, 3.8) is 0 Å². The van der Waals surface area contributed by atoms with Crippen LogP contribution in [0.1, 0.15) is 33.3 Å². The fraction of sp³-hybridized carbons (Fsp3) is 0.400. The summed E-state index contributed by atoms with van der Waals surface area (Å²) in [5.41, 5.74) is 1.24. The highest BCUT2D eigenvalue weighted by Crippen LogP contribution is 2.36. The summed E-state index contributed by atoms with van der Waals surface area (Å²) >= 11 is 0. The highest BCUT2D eigenvalue weighted by Gasteiger charge is 2.51. The molecule has 1 aliphatic rings. The summed E-state index contributed by atoms with van der Waals surface area (Å²) in [6.07, 6.45) is 4.01. The Kier molecular flexibility index (Phi) is 3.65. The molecule has 0 aromatic heterocycles. The minimum Gasteiger partial charge on any atom is -0.399 e. The van der Waals surface area contributed by atoms with Crippen molar-refractivity contribution in [1.29, 1.82) is 0 Å². The smallest absolute Gasteiger partial charge is 0.399 e. The van der Waals surface area contributed by atoms with Crippen molar-refractivity contribution in [2.75, 3.05) is 0 Å². The molecule has 1 fully saturated rings. The minimum absolute atomic E-state index is 0.341. The van der Waals surface area contributed by atoms with Crippen molar-refractivity contribution in [3.8, 4) is 0 Å². The summed E-state index contributed by atoms with van der Waals surface area (Å²) in [5.74, 6) is 0. The van der Waals surface area contributed by atoms with Crippen molar-refractivity contribution in [3.05, 3.63) is 35.9 Å². The Morgan fingerprint density at radius 3 is 2.32 bits per heavy atom. The molecule has 1 heterocycles. The predicted molar refractivity (Wildman–Crippen MR) is 77.3 cm³/mol. The lowest BCUT2D eigenvalue weighted by Gasteiger charge is -2.32. The number of carbonyl (C=O) groups excluding carboxylic acids is 1. The zero-order valence-corrected chi connectivity index (χ0v) is 11.8. The van der Waals surface area contributed by atoms with Crippen LogP contribution in [0.4, 0.5) is 0 Å². The molecular weight excluding hydrogens is 239 g/mol. The van der Waals surface area contributed by atoms with Crippen LogP contribution in [-0.2, 0) is 14.1 Å². The number of hydrogen-bond donors (Lipinski definition) is 0. The maximum atomic E-state index is 10.4. The van der Waals surface area contributed by atoms with E-state index in [1.165, 1.54) is 6.08 Å². The molecule has 0 aliphatic carbocycles. The van der Waals surface area contributed by atoms with Crippen LogP contribution in [0.2, 0.25) is 0 Å². The molecule has 0 radical (unpaired) electrons. The summed E-state index contributed by atoms with van der Waals surface area (Å²) in [5, 5.41) is 0. The Balaban J connectivity index is 2.25. The first kappa shape index (κ1) is 14.0. The largest absolute Gasteiger partial charge is 0.494 e. The minimum atomic E-state index is -0.366. The normalized spacial score (nSPS) is 20.9. The predicted octanol–water partition coefficient (Wildman–Crippen LogP) is 2.20. The van der Waals surface area contributed by atoms with E-state index in [9.17, 15) is 4.79 Å². The van der Waals surface area contributed by atoms with Crippen molar-refractivity contribution in [2.24, 2.45) is 0 Å². The van der Waals surface area contributed by atoms with Gasteiger partial charge >= 0.3 is 7.12 Å². The van der Waals surface area contributed by atoms with Crippen molar-refractivity contribution in [1.82, 2.24) is 0 Å². The fourth-order valence-corrected chi connectivity index (χ4v) is 1.94. The molecule has 0 spiro atoms. The molecule has 100 valence electrons. The van der Waals surface area contributed by atoms with Gasteiger partial charge < -0.3 is 9.31 Å². The lowest BCUT2D eigenvalue weighted by atomic mass is 9.78. The van der Waals surface area contributed by atoms with Gasteiger partial charge in [-0.2, -0.15) is 0 Å². The van der Waals surface area contributed by atoms with Crippen molar-refractivity contribution < 1.29 is 14.1 Å². The Labute approximate surface area is 114 Å². The molecule has 4 heteroatoms. The lowest BCUT2D eigenvalue weighted by Crippen LogP contribution is -2.41. The zero-order chi connectivity index (χ0) is 14.1. The maximum Gasteiger partial charge on any atom is 0.494 e.